The van der Waals surface area contributed by atoms with Crippen molar-refractivity contribution >= 4 is 5.97 Å². The highest BCUT2D eigenvalue weighted by Crippen LogP contribution is 2.42. The van der Waals surface area contributed by atoms with E-state index in [1.165, 1.54) is 31.4 Å². The average Bonchev–Trinajstić information content (AvgIpc) is 2.97. The minimum Gasteiger partial charge on any atom is -0.469 e. The standard InChI is InChI=1S/C23H25F2NO3/c1-26-18-11-12-20(26)22(19(13-18)23(27)28-2)29-21(14-3-7-16(24)8-4-14)15-5-9-17(25)10-6-15/h3-10,18-22H,11-13H2,1-2H3/t18-,19+,20+,22+/m1/s1. The molecule has 0 spiro atoms. The number of hydrogen-bond donors (Lipinski definition) is 0. The van der Waals surface area contributed by atoms with Crippen molar-refractivity contribution in [3.63, 3.8) is 0 Å². The SMILES string of the molecule is COC(=O)[C@H]1C[C@H]2CC[C@@H]([C@H]1OC(c1ccc(F)cc1)c1ccc(F)cc1)N2C. The molecule has 2 bridgehead atoms. The monoisotopic (exact) mass is 401 g/mol. The predicted octanol–water partition coefficient (Wildman–Crippen LogP) is 4.10. The summed E-state index contributed by atoms with van der Waals surface area (Å²) < 4.78 is 38.6. The normalized spacial score (nSPS) is 26.7. The van der Waals surface area contributed by atoms with Crippen LogP contribution in [-0.2, 0) is 14.3 Å². The van der Waals surface area contributed by atoms with Crippen molar-refractivity contribution in [3.8, 4) is 0 Å². The van der Waals surface area contributed by atoms with E-state index in [1.807, 2.05) is 0 Å². The number of piperidine rings is 1. The van der Waals surface area contributed by atoms with Crippen LogP contribution < -0.4 is 0 Å². The van der Waals surface area contributed by atoms with Crippen molar-refractivity contribution in [1.29, 1.82) is 0 Å². The lowest BCUT2D eigenvalue weighted by atomic mass is 9.87. The Morgan fingerprint density at radius 3 is 2.07 bits per heavy atom. The fraction of sp³-hybridized carbons (Fsp3) is 0.435. The number of rotatable bonds is 5. The van der Waals surface area contributed by atoms with Gasteiger partial charge in [0.15, 0.2) is 0 Å². The van der Waals surface area contributed by atoms with Crippen LogP contribution in [0.3, 0.4) is 0 Å². The van der Waals surface area contributed by atoms with E-state index in [0.717, 1.165) is 24.0 Å². The Labute approximate surface area is 169 Å². The first-order valence-electron chi connectivity index (χ1n) is 9.94. The van der Waals surface area contributed by atoms with E-state index >= 15 is 0 Å². The largest absolute Gasteiger partial charge is 0.469 e. The van der Waals surface area contributed by atoms with Crippen molar-refractivity contribution in [2.45, 2.75) is 43.6 Å². The van der Waals surface area contributed by atoms with Gasteiger partial charge in [-0.2, -0.15) is 0 Å². The molecule has 29 heavy (non-hydrogen) atoms. The van der Waals surface area contributed by atoms with Gasteiger partial charge in [-0.3, -0.25) is 9.69 Å². The molecule has 4 atom stereocenters. The Bertz CT molecular complexity index is 810. The van der Waals surface area contributed by atoms with Crippen molar-refractivity contribution in [2.75, 3.05) is 14.2 Å². The minimum absolute atomic E-state index is 0.0984. The number of nitrogens with zero attached hydrogens (tertiary/aromatic N) is 1. The fourth-order valence-corrected chi connectivity index (χ4v) is 4.77. The summed E-state index contributed by atoms with van der Waals surface area (Å²) in [4.78, 5) is 14.8. The summed E-state index contributed by atoms with van der Waals surface area (Å²) in [7, 11) is 3.47. The van der Waals surface area contributed by atoms with Gasteiger partial charge < -0.3 is 9.47 Å². The first kappa shape index (κ1) is 20.0. The Morgan fingerprint density at radius 2 is 1.55 bits per heavy atom. The van der Waals surface area contributed by atoms with Crippen LogP contribution in [0.15, 0.2) is 48.5 Å². The van der Waals surface area contributed by atoms with E-state index < -0.39 is 6.10 Å². The summed E-state index contributed by atoms with van der Waals surface area (Å²) in [5, 5.41) is 0. The maximum Gasteiger partial charge on any atom is 0.311 e. The predicted molar refractivity (Wildman–Crippen MR) is 104 cm³/mol. The van der Waals surface area contributed by atoms with Gasteiger partial charge in [0.1, 0.15) is 17.7 Å². The van der Waals surface area contributed by atoms with E-state index in [0.29, 0.717) is 12.5 Å². The summed E-state index contributed by atoms with van der Waals surface area (Å²) >= 11 is 0. The summed E-state index contributed by atoms with van der Waals surface area (Å²) in [6.45, 7) is 0. The van der Waals surface area contributed by atoms with Crippen LogP contribution in [0.25, 0.3) is 0 Å². The number of likely N-dealkylation sites (N-methyl/N-ethyl adjacent to an activating group) is 1. The molecule has 2 saturated heterocycles. The molecule has 0 radical (unpaired) electrons. The van der Waals surface area contributed by atoms with Crippen molar-refractivity contribution in [3.05, 3.63) is 71.3 Å². The molecule has 2 heterocycles. The topological polar surface area (TPSA) is 38.8 Å². The number of esters is 1. The number of benzene rings is 2. The second-order valence-electron chi connectivity index (χ2n) is 7.91. The zero-order valence-corrected chi connectivity index (χ0v) is 16.6. The molecule has 0 aliphatic carbocycles. The molecule has 4 nitrogen and oxygen atoms in total. The van der Waals surface area contributed by atoms with Gasteiger partial charge in [0.2, 0.25) is 0 Å². The number of carbonyl (C=O) groups is 1. The number of halogens is 2. The lowest BCUT2D eigenvalue weighted by molar-refractivity contribution is -0.162. The maximum absolute atomic E-state index is 13.5. The van der Waals surface area contributed by atoms with E-state index in [1.54, 1.807) is 24.3 Å². The van der Waals surface area contributed by atoms with Gasteiger partial charge in [-0.15, -0.1) is 0 Å². The molecule has 2 aliphatic rings. The molecule has 2 aromatic rings. The molecular weight excluding hydrogens is 376 g/mol. The number of fused-ring (bicyclic) bond motifs is 2. The zero-order valence-electron chi connectivity index (χ0n) is 16.6. The Hall–Kier alpha value is -2.31. The van der Waals surface area contributed by atoms with Crippen LogP contribution >= 0.6 is 0 Å². The fourth-order valence-electron chi connectivity index (χ4n) is 4.77. The first-order chi connectivity index (χ1) is 14.0. The van der Waals surface area contributed by atoms with E-state index in [4.69, 9.17) is 9.47 Å². The van der Waals surface area contributed by atoms with E-state index in [2.05, 4.69) is 11.9 Å². The Kier molecular flexibility index (Phi) is 5.65. The van der Waals surface area contributed by atoms with Crippen molar-refractivity contribution in [2.24, 2.45) is 5.92 Å². The maximum atomic E-state index is 13.5. The van der Waals surface area contributed by atoms with Gasteiger partial charge >= 0.3 is 5.97 Å². The number of carbonyl (C=O) groups excluding carboxylic acids is 1. The van der Waals surface area contributed by atoms with Gasteiger partial charge in [-0.1, -0.05) is 24.3 Å². The summed E-state index contributed by atoms with van der Waals surface area (Å²) in [6.07, 6.45) is 1.74. The summed E-state index contributed by atoms with van der Waals surface area (Å²) in [5.74, 6) is -1.31. The average molecular weight is 401 g/mol. The third kappa shape index (κ3) is 3.91. The van der Waals surface area contributed by atoms with Crippen LogP contribution in [0, 0.1) is 17.6 Å². The highest BCUT2D eigenvalue weighted by atomic mass is 19.1. The third-order valence-electron chi connectivity index (χ3n) is 6.34. The van der Waals surface area contributed by atoms with Gasteiger partial charge in [0.05, 0.1) is 19.1 Å². The first-order valence-corrected chi connectivity index (χ1v) is 9.94. The Morgan fingerprint density at radius 1 is 1.00 bits per heavy atom. The highest BCUT2D eigenvalue weighted by molar-refractivity contribution is 5.73. The second kappa shape index (κ2) is 8.20. The van der Waals surface area contributed by atoms with Crippen molar-refractivity contribution in [1.82, 2.24) is 4.90 Å². The van der Waals surface area contributed by atoms with E-state index in [-0.39, 0.29) is 35.7 Å². The molecule has 6 heteroatoms. The quantitative estimate of drug-likeness (QED) is 0.708. The second-order valence-corrected chi connectivity index (χ2v) is 7.91. The van der Waals surface area contributed by atoms with Gasteiger partial charge in [0.25, 0.3) is 0 Å². The molecule has 2 aromatic carbocycles. The lowest BCUT2D eigenvalue weighted by Crippen LogP contribution is -2.53. The molecule has 0 N–H and O–H groups in total. The molecular formula is C23H25F2NO3. The molecule has 154 valence electrons. The highest BCUT2D eigenvalue weighted by Gasteiger charge is 2.50. The number of methoxy groups -OCH3 is 1. The van der Waals surface area contributed by atoms with Gasteiger partial charge in [0, 0.05) is 12.1 Å². The molecule has 2 aliphatic heterocycles. The summed E-state index contributed by atoms with van der Waals surface area (Å²) in [5.41, 5.74) is 1.51. The molecule has 4 rings (SSSR count). The smallest absolute Gasteiger partial charge is 0.311 e. The minimum atomic E-state index is -0.543. The lowest BCUT2D eigenvalue weighted by Gasteiger charge is -2.43. The van der Waals surface area contributed by atoms with Crippen LogP contribution in [0.5, 0.6) is 0 Å². The summed E-state index contributed by atoms with van der Waals surface area (Å²) in [6, 6.07) is 12.6. The Balaban J connectivity index is 1.70. The van der Waals surface area contributed by atoms with Gasteiger partial charge in [-0.05, 0) is 61.7 Å². The van der Waals surface area contributed by atoms with Crippen LogP contribution in [0.1, 0.15) is 36.5 Å². The zero-order chi connectivity index (χ0) is 20.5. The number of ether oxygens (including phenoxy) is 2. The number of hydrogen-bond acceptors (Lipinski definition) is 4. The van der Waals surface area contributed by atoms with E-state index in [9.17, 15) is 13.6 Å². The van der Waals surface area contributed by atoms with Crippen molar-refractivity contribution < 1.29 is 23.0 Å². The molecule has 0 saturated carbocycles. The molecule has 0 unspecified atom stereocenters. The van der Waals surface area contributed by atoms with Crippen LogP contribution in [0.2, 0.25) is 0 Å². The molecule has 2 fully saturated rings. The van der Waals surface area contributed by atoms with Gasteiger partial charge in [-0.25, -0.2) is 8.78 Å². The van der Waals surface area contributed by atoms with Crippen LogP contribution in [0.4, 0.5) is 8.78 Å². The molecule has 0 aromatic heterocycles. The molecule has 0 amide bonds. The third-order valence-corrected chi connectivity index (χ3v) is 6.34. The van der Waals surface area contributed by atoms with Crippen LogP contribution in [-0.4, -0.2) is 43.2 Å².